The fourth-order valence-corrected chi connectivity index (χ4v) is 2.06. The summed E-state index contributed by atoms with van der Waals surface area (Å²) in [5, 5.41) is 11.8. The number of benzene rings is 1. The van der Waals surface area contributed by atoms with Gasteiger partial charge in [0.25, 0.3) is 0 Å². The third kappa shape index (κ3) is 4.50. The Bertz CT molecular complexity index is 584. The first-order valence-electron chi connectivity index (χ1n) is 6.97. The van der Waals surface area contributed by atoms with E-state index in [-0.39, 0.29) is 0 Å². The molecule has 1 aromatic heterocycles. The molecule has 2 N–H and O–H groups in total. The Morgan fingerprint density at radius 2 is 2.14 bits per heavy atom. The fraction of sp³-hybridized carbons (Fsp3) is 0.500. The molecule has 0 aliphatic carbocycles. The van der Waals surface area contributed by atoms with Crippen molar-refractivity contribution in [2.75, 3.05) is 18.9 Å². The Hall–Kier alpha value is -1.47. The third-order valence-corrected chi connectivity index (χ3v) is 3.80. The first-order chi connectivity index (χ1) is 10.1. The lowest BCUT2D eigenvalue weighted by Crippen LogP contribution is -2.10. The number of rotatable bonds is 7. The number of hydrogen-bond donors (Lipinski definition) is 1. The maximum atomic E-state index is 5.90. The van der Waals surface area contributed by atoms with Gasteiger partial charge in [0.15, 0.2) is 5.82 Å². The molecule has 0 amide bonds. The van der Waals surface area contributed by atoms with Gasteiger partial charge in [0.05, 0.1) is 13.2 Å². The molecule has 1 heterocycles. The summed E-state index contributed by atoms with van der Waals surface area (Å²) in [6.07, 6.45) is 1.06. The van der Waals surface area contributed by atoms with Gasteiger partial charge in [-0.1, -0.05) is 13.8 Å². The summed E-state index contributed by atoms with van der Waals surface area (Å²) in [5.74, 6) is 1.35. The highest BCUT2D eigenvalue weighted by molar-refractivity contribution is 9.10. The van der Waals surface area contributed by atoms with Crippen molar-refractivity contribution in [1.82, 2.24) is 20.2 Å². The van der Waals surface area contributed by atoms with Crippen LogP contribution in [0.1, 0.15) is 20.3 Å². The van der Waals surface area contributed by atoms with Crippen LogP contribution in [0, 0.1) is 5.92 Å². The highest BCUT2D eigenvalue weighted by Gasteiger charge is 2.10. The molecule has 1 aromatic carbocycles. The van der Waals surface area contributed by atoms with Gasteiger partial charge in [-0.05, 0) is 56.9 Å². The predicted molar refractivity (Wildman–Crippen MR) is 85.6 cm³/mol. The minimum Gasteiger partial charge on any atom is -0.398 e. The van der Waals surface area contributed by atoms with E-state index in [1.165, 1.54) is 0 Å². The second-order valence-corrected chi connectivity index (χ2v) is 6.11. The topological polar surface area (TPSA) is 78.8 Å². The molecule has 0 saturated heterocycles. The van der Waals surface area contributed by atoms with E-state index in [2.05, 4.69) is 45.3 Å². The number of aromatic nitrogens is 4. The predicted octanol–water partition coefficient (Wildman–Crippen LogP) is 2.75. The SMILES string of the molecule is CC(C)CCOCCn1nnnc1-c1ccc(Br)c(N)c1. The van der Waals surface area contributed by atoms with Gasteiger partial charge >= 0.3 is 0 Å². The molecule has 0 atom stereocenters. The minimum absolute atomic E-state index is 0.594. The molecule has 2 rings (SSSR count). The van der Waals surface area contributed by atoms with Gasteiger partial charge in [-0.3, -0.25) is 0 Å². The van der Waals surface area contributed by atoms with Crippen LogP contribution in [-0.2, 0) is 11.3 Å². The van der Waals surface area contributed by atoms with E-state index in [1.807, 2.05) is 18.2 Å². The summed E-state index contributed by atoms with van der Waals surface area (Å²) < 4.78 is 8.20. The van der Waals surface area contributed by atoms with E-state index in [0.29, 0.717) is 30.6 Å². The zero-order valence-electron chi connectivity index (χ0n) is 12.3. The highest BCUT2D eigenvalue weighted by Crippen LogP contribution is 2.25. The van der Waals surface area contributed by atoms with Crippen LogP contribution in [0.3, 0.4) is 0 Å². The monoisotopic (exact) mass is 353 g/mol. The fourth-order valence-electron chi connectivity index (χ4n) is 1.82. The Balaban J connectivity index is 1.96. The molecule has 0 fully saturated rings. The number of hydrogen-bond acceptors (Lipinski definition) is 5. The summed E-state index contributed by atoms with van der Waals surface area (Å²) in [6, 6.07) is 5.68. The molecule has 6 nitrogen and oxygen atoms in total. The number of nitrogen functional groups attached to an aromatic ring is 1. The van der Waals surface area contributed by atoms with Crippen LogP contribution < -0.4 is 5.73 Å². The lowest BCUT2D eigenvalue weighted by atomic mass is 10.1. The standard InChI is InChI=1S/C14H20BrN5O/c1-10(2)5-7-21-8-6-20-14(17-18-19-20)11-3-4-12(15)13(16)9-11/h3-4,9-10H,5-8,16H2,1-2H3. The van der Waals surface area contributed by atoms with Gasteiger partial charge in [-0.2, -0.15) is 0 Å². The molecule has 2 aromatic rings. The molecule has 7 heteroatoms. The molecule has 0 radical (unpaired) electrons. The second-order valence-electron chi connectivity index (χ2n) is 5.26. The quantitative estimate of drug-likeness (QED) is 0.611. The Morgan fingerprint density at radius 1 is 1.33 bits per heavy atom. The zero-order chi connectivity index (χ0) is 15.2. The van der Waals surface area contributed by atoms with Crippen molar-refractivity contribution in [3.05, 3.63) is 22.7 Å². The molecular formula is C14H20BrN5O. The molecule has 21 heavy (non-hydrogen) atoms. The van der Waals surface area contributed by atoms with Crippen LogP contribution in [0.25, 0.3) is 11.4 Å². The van der Waals surface area contributed by atoms with Crippen molar-refractivity contribution in [3.8, 4) is 11.4 Å². The first-order valence-corrected chi connectivity index (χ1v) is 7.76. The minimum atomic E-state index is 0.594. The van der Waals surface area contributed by atoms with Gasteiger partial charge in [-0.25, -0.2) is 4.68 Å². The number of ether oxygens (including phenoxy) is 1. The summed E-state index contributed by atoms with van der Waals surface area (Å²) in [6.45, 7) is 6.34. The van der Waals surface area contributed by atoms with Gasteiger partial charge in [0.1, 0.15) is 0 Å². The van der Waals surface area contributed by atoms with E-state index < -0.39 is 0 Å². The van der Waals surface area contributed by atoms with Gasteiger partial charge in [-0.15, -0.1) is 5.10 Å². The van der Waals surface area contributed by atoms with Crippen LogP contribution in [0.5, 0.6) is 0 Å². The first kappa shape index (κ1) is 15.9. The molecule has 0 aliphatic heterocycles. The molecule has 0 aliphatic rings. The number of nitrogens with two attached hydrogens (primary N) is 1. The summed E-state index contributed by atoms with van der Waals surface area (Å²) in [5.41, 5.74) is 7.45. The van der Waals surface area contributed by atoms with Gasteiger partial charge in [0, 0.05) is 22.3 Å². The van der Waals surface area contributed by atoms with Crippen LogP contribution in [0.2, 0.25) is 0 Å². The van der Waals surface area contributed by atoms with Crippen molar-refractivity contribution in [3.63, 3.8) is 0 Å². The van der Waals surface area contributed by atoms with Gasteiger partial charge in [0.2, 0.25) is 0 Å². The number of anilines is 1. The number of tetrazole rings is 1. The van der Waals surface area contributed by atoms with Crippen LogP contribution in [0.15, 0.2) is 22.7 Å². The maximum absolute atomic E-state index is 5.90. The normalized spacial score (nSPS) is 11.2. The Morgan fingerprint density at radius 3 is 2.86 bits per heavy atom. The van der Waals surface area contributed by atoms with Crippen molar-refractivity contribution in [2.24, 2.45) is 5.92 Å². The van der Waals surface area contributed by atoms with E-state index in [1.54, 1.807) is 4.68 Å². The van der Waals surface area contributed by atoms with Crippen LogP contribution in [0.4, 0.5) is 5.69 Å². The highest BCUT2D eigenvalue weighted by atomic mass is 79.9. The zero-order valence-corrected chi connectivity index (χ0v) is 13.9. The summed E-state index contributed by atoms with van der Waals surface area (Å²) in [7, 11) is 0. The second kappa shape index (κ2) is 7.51. The van der Waals surface area contributed by atoms with Crippen LogP contribution >= 0.6 is 15.9 Å². The van der Waals surface area contributed by atoms with Crippen molar-refractivity contribution in [2.45, 2.75) is 26.8 Å². The molecule has 0 unspecified atom stereocenters. The van der Waals surface area contributed by atoms with Crippen molar-refractivity contribution < 1.29 is 4.74 Å². The number of halogens is 1. The van der Waals surface area contributed by atoms with Crippen LogP contribution in [-0.4, -0.2) is 33.4 Å². The summed E-state index contributed by atoms with van der Waals surface area (Å²) in [4.78, 5) is 0. The molecule has 0 saturated carbocycles. The summed E-state index contributed by atoms with van der Waals surface area (Å²) >= 11 is 3.38. The molecule has 0 bridgehead atoms. The van der Waals surface area contributed by atoms with Crippen molar-refractivity contribution >= 4 is 21.6 Å². The maximum Gasteiger partial charge on any atom is 0.182 e. The smallest absolute Gasteiger partial charge is 0.182 e. The average molecular weight is 354 g/mol. The molecule has 114 valence electrons. The Kier molecular flexibility index (Phi) is 5.69. The largest absolute Gasteiger partial charge is 0.398 e. The lowest BCUT2D eigenvalue weighted by Gasteiger charge is -2.08. The number of nitrogens with zero attached hydrogens (tertiary/aromatic N) is 4. The van der Waals surface area contributed by atoms with E-state index in [9.17, 15) is 0 Å². The molecule has 0 spiro atoms. The van der Waals surface area contributed by atoms with E-state index in [4.69, 9.17) is 10.5 Å². The molecular weight excluding hydrogens is 334 g/mol. The van der Waals surface area contributed by atoms with Gasteiger partial charge < -0.3 is 10.5 Å². The lowest BCUT2D eigenvalue weighted by molar-refractivity contribution is 0.114. The van der Waals surface area contributed by atoms with Crippen molar-refractivity contribution in [1.29, 1.82) is 0 Å². The van der Waals surface area contributed by atoms with E-state index >= 15 is 0 Å². The average Bonchev–Trinajstić information content (AvgIpc) is 2.89. The third-order valence-electron chi connectivity index (χ3n) is 3.07. The Labute approximate surface area is 132 Å². The van der Waals surface area contributed by atoms with E-state index in [0.717, 1.165) is 23.1 Å².